The van der Waals surface area contributed by atoms with Crippen molar-refractivity contribution in [2.24, 2.45) is 5.41 Å². The number of nitrogens with one attached hydrogen (secondary N) is 1. The zero-order valence-electron chi connectivity index (χ0n) is 8.99. The Labute approximate surface area is 89.1 Å². The fourth-order valence-electron chi connectivity index (χ4n) is 2.52. The second kappa shape index (κ2) is 3.43. The molecule has 3 N–H and O–H groups in total. The van der Waals surface area contributed by atoms with Crippen molar-refractivity contribution in [1.29, 1.82) is 0 Å². The average Bonchev–Trinajstić information content (AvgIpc) is 2.07. The third-order valence-electron chi connectivity index (χ3n) is 3.97. The van der Waals surface area contributed by atoms with Gasteiger partial charge in [0.15, 0.2) is 0 Å². The summed E-state index contributed by atoms with van der Waals surface area (Å²) in [7, 11) is 1.99. The van der Waals surface area contributed by atoms with Gasteiger partial charge in [-0.3, -0.25) is 4.79 Å². The van der Waals surface area contributed by atoms with Gasteiger partial charge in [0.1, 0.15) is 5.41 Å². The van der Waals surface area contributed by atoms with Crippen LogP contribution in [0, 0.1) is 5.41 Å². The molecule has 2 aliphatic heterocycles. The Hall–Kier alpha value is -0.650. The highest BCUT2D eigenvalue weighted by Crippen LogP contribution is 2.42. The van der Waals surface area contributed by atoms with Crippen molar-refractivity contribution in [2.75, 3.05) is 33.2 Å². The minimum Gasteiger partial charge on any atom is -0.481 e. The molecule has 2 heterocycles. The van der Waals surface area contributed by atoms with Crippen molar-refractivity contribution in [1.82, 2.24) is 10.2 Å². The summed E-state index contributed by atoms with van der Waals surface area (Å²) in [6, 6.07) is 0. The molecule has 0 amide bonds. The van der Waals surface area contributed by atoms with Gasteiger partial charge in [-0.15, -0.1) is 0 Å². The van der Waals surface area contributed by atoms with Gasteiger partial charge in [-0.25, -0.2) is 0 Å². The first-order valence-corrected chi connectivity index (χ1v) is 5.35. The zero-order chi connectivity index (χ0) is 11.1. The average molecular weight is 214 g/mol. The minimum absolute atomic E-state index is 0.391. The first-order chi connectivity index (χ1) is 7.00. The molecule has 0 aromatic heterocycles. The largest absolute Gasteiger partial charge is 0.481 e. The second-order valence-corrected chi connectivity index (χ2v) is 4.83. The van der Waals surface area contributed by atoms with E-state index in [0.717, 1.165) is 13.1 Å². The smallest absolute Gasteiger partial charge is 0.315 e. The Morgan fingerprint density at radius 2 is 1.87 bits per heavy atom. The summed E-state index contributed by atoms with van der Waals surface area (Å²) < 4.78 is 0. The Balaban J connectivity index is 2.17. The Bertz CT molecular complexity index is 268. The maximum Gasteiger partial charge on any atom is 0.315 e. The summed E-state index contributed by atoms with van der Waals surface area (Å²) in [5, 5.41) is 22.7. The molecule has 0 unspecified atom stereocenters. The maximum atomic E-state index is 11.3. The number of hydrogen-bond acceptors (Lipinski definition) is 4. The summed E-state index contributed by atoms with van der Waals surface area (Å²) in [6.07, 6.45) is 1.11. The number of aliphatic hydroxyl groups is 1. The van der Waals surface area contributed by atoms with E-state index in [0.29, 0.717) is 25.9 Å². The van der Waals surface area contributed by atoms with Crippen LogP contribution in [0.2, 0.25) is 0 Å². The lowest BCUT2D eigenvalue weighted by molar-refractivity contribution is -0.186. The van der Waals surface area contributed by atoms with Crippen LogP contribution in [0.3, 0.4) is 0 Å². The molecule has 0 saturated carbocycles. The Morgan fingerprint density at radius 1 is 1.33 bits per heavy atom. The number of carboxylic acid groups (broad SMARTS) is 1. The van der Waals surface area contributed by atoms with Crippen LogP contribution < -0.4 is 5.32 Å². The van der Waals surface area contributed by atoms with E-state index in [2.05, 4.69) is 10.2 Å². The second-order valence-electron chi connectivity index (χ2n) is 4.83. The molecular formula is C10H18N2O3. The summed E-state index contributed by atoms with van der Waals surface area (Å²) in [5.41, 5.74) is -1.98. The van der Waals surface area contributed by atoms with E-state index in [9.17, 15) is 15.0 Å². The molecule has 2 saturated heterocycles. The van der Waals surface area contributed by atoms with Crippen molar-refractivity contribution < 1.29 is 15.0 Å². The van der Waals surface area contributed by atoms with Gasteiger partial charge < -0.3 is 20.4 Å². The molecule has 0 bridgehead atoms. The van der Waals surface area contributed by atoms with Crippen molar-refractivity contribution in [3.8, 4) is 0 Å². The van der Waals surface area contributed by atoms with Crippen LogP contribution in [0.4, 0.5) is 0 Å². The first kappa shape index (κ1) is 10.9. The maximum absolute atomic E-state index is 11.3. The lowest BCUT2D eigenvalue weighted by atomic mass is 9.63. The fraction of sp³-hybridized carbons (Fsp3) is 0.900. The number of rotatable bonds is 2. The lowest BCUT2D eigenvalue weighted by Crippen LogP contribution is -2.71. The van der Waals surface area contributed by atoms with Crippen molar-refractivity contribution >= 4 is 5.97 Å². The van der Waals surface area contributed by atoms with Crippen LogP contribution in [0.1, 0.15) is 12.8 Å². The standard InChI is InChI=1S/C10H18N2O3/c1-12-4-2-10(15,3-5-12)9(8(13)14)6-11-7-9/h11,15H,2-7H2,1H3,(H,13,14). The summed E-state index contributed by atoms with van der Waals surface area (Å²) in [5.74, 6) is -0.867. The van der Waals surface area contributed by atoms with Gasteiger partial charge in [-0.1, -0.05) is 0 Å². The third-order valence-corrected chi connectivity index (χ3v) is 3.97. The number of hydrogen-bond donors (Lipinski definition) is 3. The number of nitrogens with zero attached hydrogens (tertiary/aromatic N) is 1. The minimum atomic E-state index is -1.03. The molecule has 0 radical (unpaired) electrons. The van der Waals surface area contributed by atoms with Crippen LogP contribution in [0.25, 0.3) is 0 Å². The predicted octanol–water partition coefficient (Wildman–Crippen LogP) is -0.883. The monoisotopic (exact) mass is 214 g/mol. The summed E-state index contributed by atoms with van der Waals surface area (Å²) in [4.78, 5) is 13.4. The highest BCUT2D eigenvalue weighted by molar-refractivity contribution is 5.78. The molecule has 86 valence electrons. The van der Waals surface area contributed by atoms with Gasteiger partial charge in [0.25, 0.3) is 0 Å². The van der Waals surface area contributed by atoms with Gasteiger partial charge in [0.05, 0.1) is 5.60 Å². The molecular weight excluding hydrogens is 196 g/mol. The SMILES string of the molecule is CN1CCC(O)(C2(C(=O)O)CNC2)CC1. The van der Waals surface area contributed by atoms with E-state index in [4.69, 9.17) is 0 Å². The van der Waals surface area contributed by atoms with E-state index in [-0.39, 0.29) is 0 Å². The molecule has 5 nitrogen and oxygen atoms in total. The third kappa shape index (κ3) is 1.46. The molecule has 15 heavy (non-hydrogen) atoms. The summed E-state index contributed by atoms with van der Waals surface area (Å²) >= 11 is 0. The van der Waals surface area contributed by atoms with Crippen molar-refractivity contribution in [3.05, 3.63) is 0 Å². The van der Waals surface area contributed by atoms with Crippen molar-refractivity contribution in [2.45, 2.75) is 18.4 Å². The van der Waals surface area contributed by atoms with Crippen molar-refractivity contribution in [3.63, 3.8) is 0 Å². The topological polar surface area (TPSA) is 72.8 Å². The number of carbonyl (C=O) groups is 1. The Morgan fingerprint density at radius 3 is 2.20 bits per heavy atom. The van der Waals surface area contributed by atoms with Crippen LogP contribution in [0.5, 0.6) is 0 Å². The Kier molecular flexibility index (Phi) is 2.48. The van der Waals surface area contributed by atoms with E-state index in [1.807, 2.05) is 7.05 Å². The first-order valence-electron chi connectivity index (χ1n) is 5.35. The van der Waals surface area contributed by atoms with Gasteiger partial charge in [-0.2, -0.15) is 0 Å². The molecule has 2 aliphatic rings. The molecule has 5 heteroatoms. The molecule has 2 rings (SSSR count). The predicted molar refractivity (Wildman–Crippen MR) is 54.6 cm³/mol. The van der Waals surface area contributed by atoms with Crippen LogP contribution >= 0.6 is 0 Å². The molecule has 0 spiro atoms. The molecule has 2 fully saturated rings. The van der Waals surface area contributed by atoms with E-state index in [1.165, 1.54) is 0 Å². The van der Waals surface area contributed by atoms with E-state index >= 15 is 0 Å². The van der Waals surface area contributed by atoms with Gasteiger partial charge in [0.2, 0.25) is 0 Å². The van der Waals surface area contributed by atoms with Crippen LogP contribution in [0.15, 0.2) is 0 Å². The normalized spacial score (nSPS) is 29.5. The van der Waals surface area contributed by atoms with Gasteiger partial charge in [-0.05, 0) is 19.9 Å². The van der Waals surface area contributed by atoms with Crippen LogP contribution in [-0.4, -0.2) is 59.9 Å². The lowest BCUT2D eigenvalue weighted by Gasteiger charge is -2.53. The molecule has 0 aromatic carbocycles. The fourth-order valence-corrected chi connectivity index (χ4v) is 2.52. The van der Waals surface area contributed by atoms with E-state index in [1.54, 1.807) is 0 Å². The molecule has 0 aromatic rings. The highest BCUT2D eigenvalue weighted by atomic mass is 16.4. The molecule has 0 aliphatic carbocycles. The highest BCUT2D eigenvalue weighted by Gasteiger charge is 2.60. The zero-order valence-corrected chi connectivity index (χ0v) is 8.99. The van der Waals surface area contributed by atoms with Gasteiger partial charge >= 0.3 is 5.97 Å². The number of likely N-dealkylation sites (tertiary alicyclic amines) is 1. The quantitative estimate of drug-likeness (QED) is 0.556. The number of piperidine rings is 1. The number of aliphatic carboxylic acids is 1. The van der Waals surface area contributed by atoms with Crippen LogP contribution in [-0.2, 0) is 4.79 Å². The molecule has 0 atom stereocenters. The van der Waals surface area contributed by atoms with E-state index < -0.39 is 17.0 Å². The van der Waals surface area contributed by atoms with Gasteiger partial charge in [0, 0.05) is 26.2 Å². The summed E-state index contributed by atoms with van der Waals surface area (Å²) in [6.45, 7) is 2.32. The number of carboxylic acids is 1.